The maximum Gasteiger partial charge on any atom is 0.237 e. The Kier molecular flexibility index (Phi) is 16.3. The molecular weight excluding hydrogens is 547 g/mol. The lowest BCUT2D eigenvalue weighted by atomic mass is 9.98. The molecule has 0 aliphatic carbocycles. The molecule has 1 aliphatic heterocycles. The lowest BCUT2D eigenvalue weighted by molar-refractivity contribution is -0.137. The van der Waals surface area contributed by atoms with Crippen molar-refractivity contribution in [1.29, 1.82) is 0 Å². The third kappa shape index (κ3) is 10.4. The molecule has 1 aromatic heterocycles. The molecule has 0 spiro atoms. The fourth-order valence-electron chi connectivity index (χ4n) is 4.96. The zero-order valence-electron chi connectivity index (χ0n) is 29.6. The maximum absolute atomic E-state index is 13.3. The van der Waals surface area contributed by atoms with Crippen LogP contribution in [-0.2, 0) is 16.9 Å². The fourth-order valence-corrected chi connectivity index (χ4v) is 4.96. The quantitative estimate of drug-likeness (QED) is 0.240. The summed E-state index contributed by atoms with van der Waals surface area (Å²) in [6.07, 6.45) is 13.0. The second kappa shape index (κ2) is 18.5. The van der Waals surface area contributed by atoms with Crippen molar-refractivity contribution in [3.8, 4) is 11.3 Å². The monoisotopic (exact) mass is 606 g/mol. The third-order valence-corrected chi connectivity index (χ3v) is 8.55. The molecule has 1 aromatic carbocycles. The molecule has 2 heterocycles. The van der Waals surface area contributed by atoms with Crippen LogP contribution in [0.25, 0.3) is 11.3 Å². The maximum atomic E-state index is 13.3. The molecular formula is C38H59FN4O. The first kappa shape index (κ1) is 38.8. The average Bonchev–Trinajstić information content (AvgIpc) is 3.42. The summed E-state index contributed by atoms with van der Waals surface area (Å²) >= 11 is 0. The minimum Gasteiger partial charge on any atom is -0.327 e. The number of carbonyl (C=O) groups is 1. The molecule has 1 atom stereocenters. The molecule has 5 nitrogen and oxygen atoms in total. The number of nitrogens with two attached hydrogens (primary N) is 1. The zero-order chi connectivity index (χ0) is 33.6. The highest BCUT2D eigenvalue weighted by molar-refractivity contribution is 5.79. The first-order chi connectivity index (χ1) is 20.7. The molecule has 3 rings (SSSR count). The summed E-state index contributed by atoms with van der Waals surface area (Å²) in [5.41, 5.74) is 12.2. The number of hydrogen-bond donors (Lipinski definition) is 1. The Hall–Kier alpha value is -3.25. The van der Waals surface area contributed by atoms with Gasteiger partial charge in [-0.1, -0.05) is 81.7 Å². The largest absolute Gasteiger partial charge is 0.327 e. The molecule has 1 aliphatic rings. The number of nitrogens with zero attached hydrogens (tertiary/aromatic N) is 3. The molecule has 2 N–H and O–H groups in total. The summed E-state index contributed by atoms with van der Waals surface area (Å²) in [5, 5.41) is 0. The average molecular weight is 607 g/mol. The van der Waals surface area contributed by atoms with E-state index < -0.39 is 5.54 Å². The second-order valence-corrected chi connectivity index (χ2v) is 12.4. The summed E-state index contributed by atoms with van der Waals surface area (Å²) in [5.74, 6) is 1.47. The van der Waals surface area contributed by atoms with Crippen molar-refractivity contribution in [2.24, 2.45) is 11.7 Å². The first-order valence-electron chi connectivity index (χ1n) is 16.2. The van der Waals surface area contributed by atoms with Crippen LogP contribution in [0.4, 0.5) is 4.39 Å². The van der Waals surface area contributed by atoms with E-state index in [9.17, 15) is 9.18 Å². The molecule has 44 heavy (non-hydrogen) atoms. The number of halogens is 1. The highest BCUT2D eigenvalue weighted by Crippen LogP contribution is 2.38. The van der Waals surface area contributed by atoms with Crippen LogP contribution in [0.3, 0.4) is 0 Å². The fraction of sp³-hybridized carbons (Fsp3) is 0.526. The molecule has 2 aromatic rings. The lowest BCUT2D eigenvalue weighted by Gasteiger charge is -2.42. The number of amides is 1. The lowest BCUT2D eigenvalue weighted by Crippen LogP contribution is -2.53. The number of rotatable bonds is 8. The van der Waals surface area contributed by atoms with Crippen molar-refractivity contribution < 1.29 is 9.18 Å². The van der Waals surface area contributed by atoms with E-state index in [0.717, 1.165) is 29.2 Å². The smallest absolute Gasteiger partial charge is 0.237 e. The van der Waals surface area contributed by atoms with Gasteiger partial charge in [-0.3, -0.25) is 4.79 Å². The van der Waals surface area contributed by atoms with E-state index in [-0.39, 0.29) is 24.2 Å². The molecule has 1 amide bonds. The van der Waals surface area contributed by atoms with Gasteiger partial charge in [0.15, 0.2) is 0 Å². The molecule has 0 bridgehead atoms. The zero-order valence-corrected chi connectivity index (χ0v) is 29.6. The van der Waals surface area contributed by atoms with E-state index in [1.165, 1.54) is 35.3 Å². The summed E-state index contributed by atoms with van der Waals surface area (Å²) < 4.78 is 15.5. The van der Waals surface area contributed by atoms with E-state index in [2.05, 4.69) is 78.2 Å². The van der Waals surface area contributed by atoms with Crippen LogP contribution in [0.1, 0.15) is 113 Å². The SMILES string of the molecule is C/C=C\C.CC(C)c1c(-c2ccc(F)cc2)nc2n1CCN(C(=O)CN)C2(C)C.CCC(C)=C(C)/C=C\C=C(\C)C(C)CC. The molecule has 0 fully saturated rings. The van der Waals surface area contributed by atoms with Crippen LogP contribution in [0.5, 0.6) is 0 Å². The van der Waals surface area contributed by atoms with E-state index in [0.29, 0.717) is 19.0 Å². The van der Waals surface area contributed by atoms with E-state index in [1.807, 2.05) is 39.8 Å². The topological polar surface area (TPSA) is 64.2 Å². The van der Waals surface area contributed by atoms with Crippen molar-refractivity contribution in [3.63, 3.8) is 0 Å². The van der Waals surface area contributed by atoms with Gasteiger partial charge in [-0.25, -0.2) is 9.37 Å². The Morgan fingerprint density at radius 2 is 1.64 bits per heavy atom. The highest BCUT2D eigenvalue weighted by Gasteiger charge is 2.41. The van der Waals surface area contributed by atoms with Gasteiger partial charge < -0.3 is 15.2 Å². The van der Waals surface area contributed by atoms with Crippen LogP contribution in [-0.4, -0.2) is 33.4 Å². The van der Waals surface area contributed by atoms with Crippen molar-refractivity contribution in [1.82, 2.24) is 14.5 Å². The van der Waals surface area contributed by atoms with Crippen LogP contribution in [0, 0.1) is 11.7 Å². The first-order valence-corrected chi connectivity index (χ1v) is 16.2. The van der Waals surface area contributed by atoms with Crippen LogP contribution in [0.2, 0.25) is 0 Å². The number of aromatic nitrogens is 2. The number of hydrogen-bond acceptors (Lipinski definition) is 3. The van der Waals surface area contributed by atoms with Gasteiger partial charge in [0.2, 0.25) is 5.91 Å². The predicted molar refractivity (Wildman–Crippen MR) is 187 cm³/mol. The summed E-state index contributed by atoms with van der Waals surface area (Å²) in [6.45, 7) is 26.8. The van der Waals surface area contributed by atoms with E-state index in [1.54, 1.807) is 17.0 Å². The Balaban J connectivity index is 0.000000435. The van der Waals surface area contributed by atoms with Gasteiger partial charge in [0, 0.05) is 24.3 Å². The van der Waals surface area contributed by atoms with Crippen LogP contribution < -0.4 is 5.73 Å². The summed E-state index contributed by atoms with van der Waals surface area (Å²) in [7, 11) is 0. The standard InChI is InChI=1S/C19H25FN4O.C15H26.C4H8/c1-12(2)17-16(13-5-7-14(20)8-6-13)22-18-19(3,4)24(15(25)11-21)10-9-23(17)18;1-7-12(3)14(5)10-9-11-15(6)13(4)8-2;1-3-4-2/h5-8,12H,9-11,21H2,1-4H3;9-12H,7-8H2,1-6H3;3-4H,1-2H3/b;11-9-,14-10-,15-13?;4-3-. The summed E-state index contributed by atoms with van der Waals surface area (Å²) in [4.78, 5) is 18.9. The summed E-state index contributed by atoms with van der Waals surface area (Å²) in [6, 6.07) is 6.41. The molecule has 6 heteroatoms. The van der Waals surface area contributed by atoms with Gasteiger partial charge in [0.05, 0.1) is 17.8 Å². The van der Waals surface area contributed by atoms with E-state index >= 15 is 0 Å². The van der Waals surface area contributed by atoms with Crippen molar-refractivity contribution in [2.45, 2.75) is 114 Å². The van der Waals surface area contributed by atoms with Gasteiger partial charge in [-0.2, -0.15) is 0 Å². The number of imidazole rings is 1. The second-order valence-electron chi connectivity index (χ2n) is 12.4. The Morgan fingerprint density at radius 1 is 1.05 bits per heavy atom. The Morgan fingerprint density at radius 3 is 2.11 bits per heavy atom. The van der Waals surface area contributed by atoms with E-state index in [4.69, 9.17) is 10.7 Å². The minimum absolute atomic E-state index is 0.00794. The number of allylic oxidation sites excluding steroid dienone is 8. The van der Waals surface area contributed by atoms with Gasteiger partial charge >= 0.3 is 0 Å². The van der Waals surface area contributed by atoms with Crippen molar-refractivity contribution >= 4 is 5.91 Å². The normalized spacial score (nSPS) is 15.8. The Labute approximate surface area is 267 Å². The Bertz CT molecular complexity index is 1310. The van der Waals surface area contributed by atoms with Gasteiger partial charge in [0.1, 0.15) is 11.6 Å². The molecule has 244 valence electrons. The number of benzene rings is 1. The number of fused-ring (bicyclic) bond motifs is 1. The van der Waals surface area contributed by atoms with Gasteiger partial charge in [-0.05, 0) is 97.4 Å². The van der Waals surface area contributed by atoms with Crippen LogP contribution >= 0.6 is 0 Å². The number of carbonyl (C=O) groups excluding carboxylic acids is 1. The molecule has 0 radical (unpaired) electrons. The van der Waals surface area contributed by atoms with Crippen molar-refractivity contribution in [2.75, 3.05) is 13.1 Å². The predicted octanol–water partition coefficient (Wildman–Crippen LogP) is 9.71. The minimum atomic E-state index is -0.545. The molecule has 0 saturated heterocycles. The van der Waals surface area contributed by atoms with Crippen molar-refractivity contribution in [3.05, 3.63) is 88.7 Å². The molecule has 0 saturated carbocycles. The van der Waals surface area contributed by atoms with Crippen LogP contribution in [0.15, 0.2) is 71.4 Å². The van der Waals surface area contributed by atoms with Gasteiger partial charge in [-0.15, -0.1) is 0 Å². The highest BCUT2D eigenvalue weighted by atomic mass is 19.1. The molecule has 1 unspecified atom stereocenters. The third-order valence-electron chi connectivity index (χ3n) is 8.55. The van der Waals surface area contributed by atoms with Gasteiger partial charge in [0.25, 0.3) is 0 Å².